The van der Waals surface area contributed by atoms with Crippen LogP contribution in [0.4, 0.5) is 5.69 Å². The molecule has 2 N–H and O–H groups in total. The first-order valence-electron chi connectivity index (χ1n) is 11.0. The first-order valence-corrected chi connectivity index (χ1v) is 11.0. The van der Waals surface area contributed by atoms with Crippen LogP contribution in [-0.4, -0.2) is 63.3 Å². The van der Waals surface area contributed by atoms with E-state index >= 15 is 0 Å². The van der Waals surface area contributed by atoms with Crippen LogP contribution in [0.2, 0.25) is 0 Å². The molecule has 0 spiro atoms. The van der Waals surface area contributed by atoms with E-state index in [0.717, 1.165) is 70.6 Å². The normalized spacial score (nSPS) is 15.1. The fourth-order valence-electron chi connectivity index (χ4n) is 4.62. The van der Waals surface area contributed by atoms with Gasteiger partial charge < -0.3 is 14.8 Å². The van der Waals surface area contributed by atoms with Crippen molar-refractivity contribution in [3.63, 3.8) is 0 Å². The second-order valence-corrected chi connectivity index (χ2v) is 8.59. The van der Waals surface area contributed by atoms with Crippen LogP contribution < -0.4 is 4.90 Å². The van der Waals surface area contributed by atoms with Gasteiger partial charge in [-0.15, -0.1) is 0 Å². The quantitative estimate of drug-likeness (QED) is 0.454. The zero-order valence-corrected chi connectivity index (χ0v) is 18.3. The van der Waals surface area contributed by atoms with Gasteiger partial charge in [-0.3, -0.25) is 10.1 Å². The van der Waals surface area contributed by atoms with Crippen molar-refractivity contribution in [2.24, 2.45) is 0 Å². The van der Waals surface area contributed by atoms with Crippen molar-refractivity contribution < 1.29 is 0 Å². The summed E-state index contributed by atoms with van der Waals surface area (Å²) in [6.07, 6.45) is 5.64. The second kappa shape index (κ2) is 7.46. The molecule has 160 valence electrons. The Kier molecular flexibility index (Phi) is 4.43. The molecule has 1 saturated heterocycles. The Bertz CT molecular complexity index is 1420. The highest BCUT2D eigenvalue weighted by atomic mass is 15.2. The van der Waals surface area contributed by atoms with Crippen molar-refractivity contribution in [3.8, 4) is 22.5 Å². The minimum absolute atomic E-state index is 0.895. The van der Waals surface area contributed by atoms with Crippen molar-refractivity contribution >= 4 is 27.6 Å². The zero-order chi connectivity index (χ0) is 21.7. The molecule has 0 bridgehead atoms. The van der Waals surface area contributed by atoms with Gasteiger partial charge in [-0.25, -0.2) is 4.98 Å². The van der Waals surface area contributed by atoms with Gasteiger partial charge in [0.2, 0.25) is 0 Å². The summed E-state index contributed by atoms with van der Waals surface area (Å²) in [7, 11) is 2.18. The van der Waals surface area contributed by atoms with E-state index in [1.54, 1.807) is 0 Å². The summed E-state index contributed by atoms with van der Waals surface area (Å²) < 4.78 is 0. The maximum absolute atomic E-state index is 4.65. The van der Waals surface area contributed by atoms with Crippen LogP contribution in [0, 0.1) is 6.92 Å². The number of nitrogens with one attached hydrogen (secondary N) is 2. The number of hydrogen-bond donors (Lipinski definition) is 2. The third kappa shape index (κ3) is 3.13. The lowest BCUT2D eigenvalue weighted by Crippen LogP contribution is -2.44. The number of hydrogen-bond acceptors (Lipinski definition) is 5. The lowest BCUT2D eigenvalue weighted by atomic mass is 10.0. The molecule has 0 atom stereocenters. The molecule has 0 amide bonds. The fraction of sp³-hybridized carbons (Fsp3) is 0.240. The monoisotopic (exact) mass is 423 g/mol. The number of rotatable bonds is 3. The van der Waals surface area contributed by atoms with Gasteiger partial charge in [-0.1, -0.05) is 6.07 Å². The van der Waals surface area contributed by atoms with E-state index in [9.17, 15) is 0 Å². The van der Waals surface area contributed by atoms with Crippen LogP contribution in [0.1, 0.15) is 5.56 Å². The highest BCUT2D eigenvalue weighted by Gasteiger charge is 2.19. The Balaban J connectivity index is 1.45. The third-order valence-electron chi connectivity index (χ3n) is 6.52. The first-order chi connectivity index (χ1) is 15.7. The second-order valence-electron chi connectivity index (χ2n) is 8.59. The molecule has 5 heterocycles. The molecule has 7 heteroatoms. The molecule has 1 aliphatic heterocycles. The lowest BCUT2D eigenvalue weighted by molar-refractivity contribution is 0.313. The van der Waals surface area contributed by atoms with Crippen LogP contribution in [-0.2, 0) is 0 Å². The van der Waals surface area contributed by atoms with Gasteiger partial charge >= 0.3 is 0 Å². The Morgan fingerprint density at radius 3 is 2.66 bits per heavy atom. The van der Waals surface area contributed by atoms with Gasteiger partial charge in [-0.2, -0.15) is 5.10 Å². The van der Waals surface area contributed by atoms with Crippen molar-refractivity contribution in [2.45, 2.75) is 6.92 Å². The van der Waals surface area contributed by atoms with Gasteiger partial charge in [0.25, 0.3) is 0 Å². The van der Waals surface area contributed by atoms with Crippen molar-refractivity contribution in [1.29, 1.82) is 0 Å². The van der Waals surface area contributed by atoms with Crippen LogP contribution in [0.5, 0.6) is 0 Å². The summed E-state index contributed by atoms with van der Waals surface area (Å²) in [5, 5.41) is 10.1. The predicted octanol–water partition coefficient (Wildman–Crippen LogP) is 4.23. The number of aromatic amines is 2. The smallest absolute Gasteiger partial charge is 0.139 e. The molecular weight excluding hydrogens is 398 g/mol. The predicted molar refractivity (Wildman–Crippen MR) is 129 cm³/mol. The standard InChI is InChI=1S/C25H25N7/c1-16-5-7-26-15-20(16)17-3-4-21-18(13-17)24(30-29-21)22-14-19-23(6-8-27-25(19)28-22)32-11-9-31(2)10-12-32/h3-8,13-15H,9-12H2,1-2H3,(H,27,28)(H,29,30). The average Bonchev–Trinajstić information content (AvgIpc) is 3.43. The van der Waals surface area contributed by atoms with Gasteiger partial charge in [-0.05, 0) is 55.4 Å². The maximum atomic E-state index is 4.65. The number of piperazine rings is 1. The lowest BCUT2D eigenvalue weighted by Gasteiger charge is -2.34. The fourth-order valence-corrected chi connectivity index (χ4v) is 4.62. The highest BCUT2D eigenvalue weighted by molar-refractivity contribution is 5.99. The number of aryl methyl sites for hydroxylation is 1. The van der Waals surface area contributed by atoms with E-state index in [4.69, 9.17) is 0 Å². The van der Waals surface area contributed by atoms with Crippen molar-refractivity contribution in [2.75, 3.05) is 38.1 Å². The number of fused-ring (bicyclic) bond motifs is 2. The Labute approximate surface area is 186 Å². The third-order valence-corrected chi connectivity index (χ3v) is 6.52. The van der Waals surface area contributed by atoms with E-state index in [0.29, 0.717) is 0 Å². The minimum Gasteiger partial charge on any atom is -0.368 e. The van der Waals surface area contributed by atoms with Crippen LogP contribution >= 0.6 is 0 Å². The SMILES string of the molecule is Cc1ccncc1-c1ccc2[nH]nc(-c3cc4c(N5CCN(C)CC5)ccnc4[nH]3)c2c1. The number of H-pyrrole nitrogens is 2. The molecule has 0 radical (unpaired) electrons. The van der Waals surface area contributed by atoms with Crippen LogP contribution in [0.3, 0.4) is 0 Å². The molecule has 0 unspecified atom stereocenters. The largest absolute Gasteiger partial charge is 0.368 e. The van der Waals surface area contributed by atoms with Crippen molar-refractivity contribution in [1.82, 2.24) is 30.0 Å². The van der Waals surface area contributed by atoms with Crippen molar-refractivity contribution in [3.05, 3.63) is 60.6 Å². The number of nitrogens with zero attached hydrogens (tertiary/aromatic N) is 5. The zero-order valence-electron chi connectivity index (χ0n) is 18.3. The molecule has 1 aromatic carbocycles. The van der Waals surface area contributed by atoms with E-state index in [-0.39, 0.29) is 0 Å². The van der Waals surface area contributed by atoms with E-state index in [1.807, 2.05) is 24.7 Å². The summed E-state index contributed by atoms with van der Waals surface area (Å²) in [4.78, 5) is 17.2. The first kappa shape index (κ1) is 19.0. The van der Waals surface area contributed by atoms with E-state index < -0.39 is 0 Å². The van der Waals surface area contributed by atoms with Gasteiger partial charge in [0.05, 0.1) is 11.2 Å². The average molecular weight is 424 g/mol. The Morgan fingerprint density at radius 1 is 0.938 bits per heavy atom. The summed E-state index contributed by atoms with van der Waals surface area (Å²) in [5.41, 5.74) is 8.50. The molecule has 4 aromatic heterocycles. The number of likely N-dealkylation sites (N-methyl/N-ethyl adjacent to an activating group) is 1. The Hall–Kier alpha value is -3.71. The molecule has 32 heavy (non-hydrogen) atoms. The molecule has 7 nitrogen and oxygen atoms in total. The summed E-state index contributed by atoms with van der Waals surface area (Å²) >= 11 is 0. The molecule has 5 aromatic rings. The molecule has 0 aliphatic carbocycles. The van der Waals surface area contributed by atoms with Gasteiger partial charge in [0.1, 0.15) is 11.3 Å². The Morgan fingerprint density at radius 2 is 1.81 bits per heavy atom. The van der Waals surface area contributed by atoms with Crippen LogP contribution in [0.15, 0.2) is 55.0 Å². The molecule has 0 saturated carbocycles. The van der Waals surface area contributed by atoms with Gasteiger partial charge in [0.15, 0.2) is 0 Å². The summed E-state index contributed by atoms with van der Waals surface area (Å²) in [6, 6.07) is 12.7. The number of anilines is 1. The van der Waals surface area contributed by atoms with E-state index in [2.05, 4.69) is 79.3 Å². The maximum Gasteiger partial charge on any atom is 0.139 e. The highest BCUT2D eigenvalue weighted by Crippen LogP contribution is 2.34. The van der Waals surface area contributed by atoms with Crippen LogP contribution in [0.25, 0.3) is 44.5 Å². The minimum atomic E-state index is 0.895. The molecule has 6 rings (SSSR count). The summed E-state index contributed by atoms with van der Waals surface area (Å²) in [6.45, 7) is 6.30. The topological polar surface area (TPSA) is 76.7 Å². The number of pyridine rings is 2. The summed E-state index contributed by atoms with van der Waals surface area (Å²) in [5.74, 6) is 0. The van der Waals surface area contributed by atoms with E-state index in [1.165, 1.54) is 11.3 Å². The number of aromatic nitrogens is 5. The number of benzene rings is 1. The molecule has 1 aliphatic rings. The van der Waals surface area contributed by atoms with Gasteiger partial charge in [0, 0.05) is 66.8 Å². The molecule has 1 fully saturated rings. The molecular formula is C25H25N7.